The van der Waals surface area contributed by atoms with Gasteiger partial charge in [0.25, 0.3) is 5.91 Å². The largest absolute Gasteiger partial charge is 0.320 e. The number of amides is 1. The Bertz CT molecular complexity index is 697. The van der Waals surface area contributed by atoms with Gasteiger partial charge in [-0.3, -0.25) is 9.48 Å². The molecular weight excluding hydrogens is 324 g/mol. The van der Waals surface area contributed by atoms with Crippen molar-refractivity contribution >= 4 is 24.0 Å². The Hall–Kier alpha value is -1.85. The van der Waals surface area contributed by atoms with E-state index in [4.69, 9.17) is 0 Å². The quantitative estimate of drug-likeness (QED) is 0.893. The van der Waals surface area contributed by atoms with Gasteiger partial charge < -0.3 is 10.6 Å². The lowest BCUT2D eigenvalue weighted by atomic mass is 10.1. The summed E-state index contributed by atoms with van der Waals surface area (Å²) < 4.78 is 1.91. The van der Waals surface area contributed by atoms with Gasteiger partial charge in [-0.1, -0.05) is 17.7 Å². The SMILES string of the molecule is Cc1cc(C)c(NC(=O)c2ccn(C3CCCNC3)n2)c(C)c1.Cl. The molecule has 0 bridgehead atoms. The molecule has 1 aliphatic rings. The average molecular weight is 349 g/mol. The first-order valence-electron chi connectivity index (χ1n) is 8.19. The molecule has 0 saturated carbocycles. The molecule has 1 atom stereocenters. The molecule has 0 radical (unpaired) electrons. The monoisotopic (exact) mass is 348 g/mol. The van der Waals surface area contributed by atoms with Crippen LogP contribution in [-0.4, -0.2) is 28.8 Å². The number of hydrogen-bond donors (Lipinski definition) is 2. The zero-order valence-electron chi connectivity index (χ0n) is 14.4. The van der Waals surface area contributed by atoms with Gasteiger partial charge in [0.1, 0.15) is 0 Å². The molecule has 24 heavy (non-hydrogen) atoms. The number of piperidine rings is 1. The molecule has 2 aromatic rings. The first kappa shape index (κ1) is 18.5. The minimum atomic E-state index is -0.150. The molecule has 1 amide bonds. The molecule has 2 N–H and O–H groups in total. The Morgan fingerprint density at radius 1 is 1.29 bits per heavy atom. The molecule has 3 rings (SSSR count). The van der Waals surface area contributed by atoms with Crippen molar-refractivity contribution in [2.45, 2.75) is 39.7 Å². The molecule has 1 aromatic carbocycles. The molecule has 1 saturated heterocycles. The van der Waals surface area contributed by atoms with E-state index in [1.165, 1.54) is 5.56 Å². The molecule has 2 heterocycles. The number of carbonyl (C=O) groups excluding carboxylic acids is 1. The summed E-state index contributed by atoms with van der Waals surface area (Å²) in [6, 6.07) is 6.29. The summed E-state index contributed by atoms with van der Waals surface area (Å²) in [6.45, 7) is 8.07. The fraction of sp³-hybridized carbons (Fsp3) is 0.444. The molecule has 0 aliphatic carbocycles. The van der Waals surface area contributed by atoms with Gasteiger partial charge in [0.15, 0.2) is 5.69 Å². The van der Waals surface area contributed by atoms with E-state index in [-0.39, 0.29) is 18.3 Å². The second kappa shape index (κ2) is 7.81. The van der Waals surface area contributed by atoms with Gasteiger partial charge in [0.05, 0.1) is 6.04 Å². The highest BCUT2D eigenvalue weighted by Gasteiger charge is 2.18. The Morgan fingerprint density at radius 2 is 2.00 bits per heavy atom. The normalized spacial score (nSPS) is 17.2. The van der Waals surface area contributed by atoms with E-state index in [0.717, 1.165) is 42.7 Å². The number of aromatic nitrogens is 2. The number of hydrogen-bond acceptors (Lipinski definition) is 3. The van der Waals surface area contributed by atoms with Gasteiger partial charge in [0, 0.05) is 18.4 Å². The van der Waals surface area contributed by atoms with E-state index in [1.807, 2.05) is 24.7 Å². The highest BCUT2D eigenvalue weighted by molar-refractivity contribution is 6.03. The van der Waals surface area contributed by atoms with Gasteiger partial charge in [-0.05, 0) is 57.4 Å². The first-order valence-corrected chi connectivity index (χ1v) is 8.19. The minimum absolute atomic E-state index is 0. The lowest BCUT2D eigenvalue weighted by molar-refractivity contribution is 0.102. The fourth-order valence-electron chi connectivity index (χ4n) is 3.28. The Morgan fingerprint density at radius 3 is 2.62 bits per heavy atom. The summed E-state index contributed by atoms with van der Waals surface area (Å²) in [4.78, 5) is 12.5. The number of aryl methyl sites for hydroxylation is 3. The van der Waals surface area contributed by atoms with Crippen molar-refractivity contribution in [1.82, 2.24) is 15.1 Å². The Labute approximate surface area is 149 Å². The summed E-state index contributed by atoms with van der Waals surface area (Å²) in [6.07, 6.45) is 4.15. The molecular formula is C18H25ClN4O. The van der Waals surface area contributed by atoms with Crippen LogP contribution >= 0.6 is 12.4 Å². The average Bonchev–Trinajstić information content (AvgIpc) is 3.01. The number of benzene rings is 1. The maximum Gasteiger partial charge on any atom is 0.276 e. The number of rotatable bonds is 3. The van der Waals surface area contributed by atoms with Crippen LogP contribution in [0.4, 0.5) is 5.69 Å². The molecule has 5 nitrogen and oxygen atoms in total. The maximum atomic E-state index is 12.5. The third kappa shape index (κ3) is 3.97. The van der Waals surface area contributed by atoms with Crippen molar-refractivity contribution in [1.29, 1.82) is 0 Å². The van der Waals surface area contributed by atoms with Crippen molar-refractivity contribution in [3.05, 3.63) is 46.8 Å². The van der Waals surface area contributed by atoms with Crippen molar-refractivity contribution in [3.8, 4) is 0 Å². The van der Waals surface area contributed by atoms with Crippen molar-refractivity contribution in [3.63, 3.8) is 0 Å². The van der Waals surface area contributed by atoms with Gasteiger partial charge in [0.2, 0.25) is 0 Å². The third-order valence-corrected chi connectivity index (χ3v) is 4.40. The van der Waals surface area contributed by atoms with Crippen LogP contribution in [-0.2, 0) is 0 Å². The van der Waals surface area contributed by atoms with E-state index in [0.29, 0.717) is 11.7 Å². The lowest BCUT2D eigenvalue weighted by Gasteiger charge is -2.22. The predicted molar refractivity (Wildman–Crippen MR) is 99.2 cm³/mol. The van der Waals surface area contributed by atoms with Crippen LogP contribution in [0.15, 0.2) is 24.4 Å². The molecule has 0 spiro atoms. The zero-order valence-corrected chi connectivity index (χ0v) is 15.2. The molecule has 1 unspecified atom stereocenters. The smallest absolute Gasteiger partial charge is 0.276 e. The first-order chi connectivity index (χ1) is 11.0. The van der Waals surface area contributed by atoms with Gasteiger partial charge in [-0.15, -0.1) is 12.4 Å². The van der Waals surface area contributed by atoms with Crippen molar-refractivity contribution in [2.75, 3.05) is 18.4 Å². The maximum absolute atomic E-state index is 12.5. The van der Waals surface area contributed by atoms with E-state index in [1.54, 1.807) is 6.07 Å². The predicted octanol–water partition coefficient (Wildman–Crippen LogP) is 3.41. The standard InChI is InChI=1S/C18H24N4O.ClH/c1-12-9-13(2)17(14(3)10-12)20-18(23)16-6-8-22(21-16)15-5-4-7-19-11-15;/h6,8-10,15,19H,4-5,7,11H2,1-3H3,(H,20,23);1H. The number of halogens is 1. The van der Waals surface area contributed by atoms with E-state index >= 15 is 0 Å². The molecule has 6 heteroatoms. The van der Waals surface area contributed by atoms with Crippen LogP contribution in [0.3, 0.4) is 0 Å². The molecule has 130 valence electrons. The zero-order chi connectivity index (χ0) is 16.4. The van der Waals surface area contributed by atoms with E-state index in [2.05, 4.69) is 34.8 Å². The van der Waals surface area contributed by atoms with Crippen LogP contribution in [0.2, 0.25) is 0 Å². The third-order valence-electron chi connectivity index (χ3n) is 4.40. The summed E-state index contributed by atoms with van der Waals surface area (Å²) >= 11 is 0. The van der Waals surface area contributed by atoms with E-state index < -0.39 is 0 Å². The highest BCUT2D eigenvalue weighted by Crippen LogP contribution is 2.23. The molecule has 1 fully saturated rings. The van der Waals surface area contributed by atoms with Gasteiger partial charge in [-0.25, -0.2) is 0 Å². The summed E-state index contributed by atoms with van der Waals surface area (Å²) in [5.74, 6) is -0.150. The van der Waals surface area contributed by atoms with Gasteiger partial charge in [-0.2, -0.15) is 5.10 Å². The summed E-state index contributed by atoms with van der Waals surface area (Å²) in [7, 11) is 0. The summed E-state index contributed by atoms with van der Waals surface area (Å²) in [5, 5.41) is 10.8. The Kier molecular flexibility index (Phi) is 6.02. The number of carbonyl (C=O) groups is 1. The van der Waals surface area contributed by atoms with Crippen LogP contribution < -0.4 is 10.6 Å². The van der Waals surface area contributed by atoms with Crippen LogP contribution in [0.25, 0.3) is 0 Å². The second-order valence-electron chi connectivity index (χ2n) is 6.41. The second-order valence-corrected chi connectivity index (χ2v) is 6.41. The van der Waals surface area contributed by atoms with Crippen LogP contribution in [0, 0.1) is 20.8 Å². The topological polar surface area (TPSA) is 59.0 Å². The highest BCUT2D eigenvalue weighted by atomic mass is 35.5. The molecule has 1 aromatic heterocycles. The number of nitrogens with one attached hydrogen (secondary N) is 2. The molecule has 1 aliphatic heterocycles. The lowest BCUT2D eigenvalue weighted by Crippen LogP contribution is -2.32. The van der Waals surface area contributed by atoms with Crippen molar-refractivity contribution < 1.29 is 4.79 Å². The fourth-order valence-corrected chi connectivity index (χ4v) is 3.28. The van der Waals surface area contributed by atoms with E-state index in [9.17, 15) is 4.79 Å². The Balaban J connectivity index is 0.00000208. The van der Waals surface area contributed by atoms with Crippen molar-refractivity contribution in [2.24, 2.45) is 0 Å². The number of nitrogens with zero attached hydrogens (tertiary/aromatic N) is 2. The minimum Gasteiger partial charge on any atom is -0.320 e. The summed E-state index contributed by atoms with van der Waals surface area (Å²) in [5.41, 5.74) is 4.70. The number of anilines is 1. The van der Waals surface area contributed by atoms with Crippen LogP contribution in [0.5, 0.6) is 0 Å². The van der Waals surface area contributed by atoms with Gasteiger partial charge >= 0.3 is 0 Å². The van der Waals surface area contributed by atoms with Crippen LogP contribution in [0.1, 0.15) is 46.1 Å².